The molecule has 10 aromatic rings. The highest BCUT2D eigenvalue weighted by molar-refractivity contribution is 6.13. The fourth-order valence-corrected chi connectivity index (χ4v) is 8.90. The maximum Gasteiger partial charge on any atom is 0.0540 e. The van der Waals surface area contributed by atoms with Crippen LogP contribution in [0.5, 0.6) is 0 Å². The van der Waals surface area contributed by atoms with Crippen molar-refractivity contribution in [2.24, 2.45) is 0 Å². The molecule has 0 spiro atoms. The fourth-order valence-electron chi connectivity index (χ4n) is 8.90. The van der Waals surface area contributed by atoms with Gasteiger partial charge in [-0.25, -0.2) is 0 Å². The Hall–Kier alpha value is -7.22. The number of hydrogen-bond donors (Lipinski definition) is 0. The molecule has 10 rings (SSSR count). The minimum Gasteiger partial charge on any atom is -0.309 e. The van der Waals surface area contributed by atoms with E-state index in [4.69, 9.17) is 0 Å². The van der Waals surface area contributed by atoms with Crippen molar-refractivity contribution < 1.29 is 0 Å². The van der Waals surface area contributed by atoms with Crippen molar-refractivity contribution in [3.05, 3.63) is 224 Å². The van der Waals surface area contributed by atoms with Gasteiger partial charge in [0.25, 0.3) is 0 Å². The summed E-state index contributed by atoms with van der Waals surface area (Å²) in [6.45, 7) is 6.82. The van der Waals surface area contributed by atoms with Gasteiger partial charge in [-0.05, 0) is 101 Å². The van der Waals surface area contributed by atoms with Crippen LogP contribution < -0.4 is 4.90 Å². The van der Waals surface area contributed by atoms with Crippen molar-refractivity contribution in [1.82, 2.24) is 0 Å². The number of para-hydroxylation sites is 2. The first-order chi connectivity index (χ1) is 28.9. The molecule has 0 aliphatic heterocycles. The van der Waals surface area contributed by atoms with Gasteiger partial charge in [0, 0.05) is 16.8 Å². The van der Waals surface area contributed by atoms with Gasteiger partial charge in [-0.2, -0.15) is 0 Å². The summed E-state index contributed by atoms with van der Waals surface area (Å²) in [4.78, 5) is 2.48. The zero-order chi connectivity index (χ0) is 39.9. The van der Waals surface area contributed by atoms with Crippen LogP contribution in [-0.4, -0.2) is 0 Å². The lowest BCUT2D eigenvalue weighted by atomic mass is 9.86. The molecule has 0 N–H and O–H groups in total. The van der Waals surface area contributed by atoms with E-state index >= 15 is 0 Å². The van der Waals surface area contributed by atoms with Crippen molar-refractivity contribution in [3.63, 3.8) is 0 Å². The van der Waals surface area contributed by atoms with Crippen LogP contribution in [0.4, 0.5) is 17.1 Å². The summed E-state index contributed by atoms with van der Waals surface area (Å²) in [5.41, 5.74) is 14.3. The Bertz CT molecular complexity index is 3130. The predicted molar refractivity (Wildman–Crippen MR) is 254 cm³/mol. The molecule has 0 saturated carbocycles. The summed E-state index contributed by atoms with van der Waals surface area (Å²) >= 11 is 0. The molecule has 1 heteroatoms. The van der Waals surface area contributed by atoms with Crippen LogP contribution in [0.25, 0.3) is 76.8 Å². The first-order valence-corrected chi connectivity index (χ1v) is 20.6. The van der Waals surface area contributed by atoms with Gasteiger partial charge < -0.3 is 4.90 Å². The highest BCUT2D eigenvalue weighted by Gasteiger charge is 2.23. The monoisotopic (exact) mass is 755 g/mol. The number of rotatable bonds is 7. The standard InChI is InChI=1S/C58H45N/c1-58(2,3)45-36-33-42(34-37-45)49-25-9-11-31-55(49)59(46-23-13-22-44(39-46)48-27-16-29-51-47-24-8-7-19-41(47)35-38-52(48)51)56-32-12-10-26-53(56)54-30-15-21-43-20-14-28-50(57(43)54)40-17-5-4-6-18-40/h4-39H,1-3H3. The smallest absolute Gasteiger partial charge is 0.0540 e. The lowest BCUT2D eigenvalue weighted by Crippen LogP contribution is -2.13. The second-order valence-electron chi connectivity index (χ2n) is 16.5. The van der Waals surface area contributed by atoms with Crippen LogP contribution in [0.2, 0.25) is 0 Å². The van der Waals surface area contributed by atoms with Crippen LogP contribution in [0, 0.1) is 0 Å². The van der Waals surface area contributed by atoms with Gasteiger partial charge in [-0.3, -0.25) is 0 Å². The molecule has 0 saturated heterocycles. The molecule has 0 heterocycles. The van der Waals surface area contributed by atoms with E-state index in [-0.39, 0.29) is 5.41 Å². The fraction of sp³-hybridized carbons (Fsp3) is 0.0690. The summed E-state index contributed by atoms with van der Waals surface area (Å²) in [6, 6.07) is 80.2. The van der Waals surface area contributed by atoms with Gasteiger partial charge in [0.2, 0.25) is 0 Å². The third kappa shape index (κ3) is 6.65. The average molecular weight is 756 g/mol. The Labute approximate surface area is 347 Å². The summed E-state index contributed by atoms with van der Waals surface area (Å²) in [6.07, 6.45) is 0. The molecule has 1 nitrogen and oxygen atoms in total. The SMILES string of the molecule is CC(C)(C)c1ccc(-c2ccccc2N(c2cccc(-c3cccc4c3ccc3ccccc34)c2)c2ccccc2-c2cccc3cccc(-c4ccccc4)c23)cc1. The Morgan fingerprint density at radius 2 is 0.864 bits per heavy atom. The lowest BCUT2D eigenvalue weighted by Gasteiger charge is -2.31. The Morgan fingerprint density at radius 1 is 0.322 bits per heavy atom. The van der Waals surface area contributed by atoms with Gasteiger partial charge in [0.15, 0.2) is 0 Å². The number of anilines is 3. The predicted octanol–water partition coefficient (Wildman–Crippen LogP) is 16.6. The zero-order valence-electron chi connectivity index (χ0n) is 33.7. The third-order valence-electron chi connectivity index (χ3n) is 11.8. The van der Waals surface area contributed by atoms with E-state index in [0.717, 1.165) is 17.1 Å². The second kappa shape index (κ2) is 14.9. The van der Waals surface area contributed by atoms with Gasteiger partial charge in [-0.15, -0.1) is 0 Å². The molecule has 0 fully saturated rings. The minimum absolute atomic E-state index is 0.0639. The van der Waals surface area contributed by atoms with E-state index in [1.807, 2.05) is 0 Å². The first-order valence-electron chi connectivity index (χ1n) is 20.6. The topological polar surface area (TPSA) is 3.24 Å². The Kier molecular flexibility index (Phi) is 9.15. The summed E-state index contributed by atoms with van der Waals surface area (Å²) in [5, 5.41) is 7.51. The Morgan fingerprint density at radius 3 is 1.64 bits per heavy atom. The number of nitrogens with zero attached hydrogens (tertiary/aromatic N) is 1. The maximum absolute atomic E-state index is 2.48. The molecule has 0 atom stereocenters. The molecular weight excluding hydrogens is 711 g/mol. The number of fused-ring (bicyclic) bond motifs is 4. The van der Waals surface area contributed by atoms with Gasteiger partial charge >= 0.3 is 0 Å². The maximum atomic E-state index is 2.48. The largest absolute Gasteiger partial charge is 0.309 e. The van der Waals surface area contributed by atoms with Gasteiger partial charge in [0.1, 0.15) is 0 Å². The van der Waals surface area contributed by atoms with Crippen LogP contribution in [-0.2, 0) is 5.41 Å². The highest BCUT2D eigenvalue weighted by atomic mass is 15.1. The Balaban J connectivity index is 1.22. The van der Waals surface area contributed by atoms with E-state index < -0.39 is 0 Å². The molecular formula is C58H45N. The third-order valence-corrected chi connectivity index (χ3v) is 11.8. The molecule has 0 bridgehead atoms. The van der Waals surface area contributed by atoms with E-state index in [1.165, 1.54) is 82.4 Å². The molecule has 0 radical (unpaired) electrons. The first kappa shape index (κ1) is 36.1. The summed E-state index contributed by atoms with van der Waals surface area (Å²) in [7, 11) is 0. The zero-order valence-corrected chi connectivity index (χ0v) is 33.7. The molecule has 59 heavy (non-hydrogen) atoms. The highest BCUT2D eigenvalue weighted by Crippen LogP contribution is 2.48. The normalized spacial score (nSPS) is 11.6. The molecule has 0 aliphatic carbocycles. The van der Waals surface area contributed by atoms with E-state index in [1.54, 1.807) is 0 Å². The minimum atomic E-state index is 0.0639. The van der Waals surface area contributed by atoms with E-state index in [9.17, 15) is 0 Å². The summed E-state index contributed by atoms with van der Waals surface area (Å²) < 4.78 is 0. The van der Waals surface area contributed by atoms with Crippen molar-refractivity contribution >= 4 is 49.4 Å². The summed E-state index contributed by atoms with van der Waals surface area (Å²) in [5.74, 6) is 0. The molecule has 0 amide bonds. The lowest BCUT2D eigenvalue weighted by molar-refractivity contribution is 0.590. The van der Waals surface area contributed by atoms with E-state index in [0.29, 0.717) is 0 Å². The van der Waals surface area contributed by atoms with Crippen molar-refractivity contribution in [3.8, 4) is 44.5 Å². The van der Waals surface area contributed by atoms with Crippen LogP contribution in [0.15, 0.2) is 218 Å². The quantitative estimate of drug-likeness (QED) is 0.146. The molecule has 282 valence electrons. The molecule has 0 aliphatic rings. The molecule has 10 aromatic carbocycles. The second-order valence-corrected chi connectivity index (χ2v) is 16.5. The van der Waals surface area contributed by atoms with Crippen LogP contribution in [0.3, 0.4) is 0 Å². The van der Waals surface area contributed by atoms with Gasteiger partial charge in [-0.1, -0.05) is 215 Å². The van der Waals surface area contributed by atoms with Crippen molar-refractivity contribution in [2.75, 3.05) is 4.90 Å². The number of hydrogen-bond acceptors (Lipinski definition) is 1. The van der Waals surface area contributed by atoms with Crippen LogP contribution >= 0.6 is 0 Å². The molecule has 0 aromatic heterocycles. The molecule has 0 unspecified atom stereocenters. The van der Waals surface area contributed by atoms with E-state index in [2.05, 4.69) is 244 Å². The van der Waals surface area contributed by atoms with Crippen molar-refractivity contribution in [2.45, 2.75) is 26.2 Å². The van der Waals surface area contributed by atoms with Gasteiger partial charge in [0.05, 0.1) is 11.4 Å². The average Bonchev–Trinajstić information content (AvgIpc) is 3.29. The van der Waals surface area contributed by atoms with Crippen molar-refractivity contribution in [1.29, 1.82) is 0 Å². The van der Waals surface area contributed by atoms with Crippen LogP contribution in [0.1, 0.15) is 26.3 Å². The number of benzene rings is 10.